The predicted octanol–water partition coefficient (Wildman–Crippen LogP) is 5.13. The van der Waals surface area contributed by atoms with E-state index in [2.05, 4.69) is 12.2 Å². The van der Waals surface area contributed by atoms with E-state index in [4.69, 9.17) is 5.11 Å². The SMILES string of the molecule is CCCCCCCCCCCCCCCC(=O)N[C@@H](CC(=O)O)C[N+](C)(C)C. The van der Waals surface area contributed by atoms with Gasteiger partial charge < -0.3 is 14.9 Å². The molecule has 166 valence electrons. The van der Waals surface area contributed by atoms with Gasteiger partial charge in [-0.1, -0.05) is 84.0 Å². The van der Waals surface area contributed by atoms with Crippen LogP contribution in [-0.2, 0) is 9.59 Å². The Kier molecular flexibility index (Phi) is 16.2. The Morgan fingerprint density at radius 3 is 1.61 bits per heavy atom. The number of rotatable bonds is 19. The second-order valence-electron chi connectivity index (χ2n) is 9.33. The highest BCUT2D eigenvalue weighted by Gasteiger charge is 2.22. The normalized spacial score (nSPS) is 12.7. The Morgan fingerprint density at radius 1 is 0.786 bits per heavy atom. The molecule has 0 unspecified atom stereocenters. The molecule has 0 aromatic heterocycles. The summed E-state index contributed by atoms with van der Waals surface area (Å²) in [6.07, 6.45) is 17.2. The molecule has 0 heterocycles. The van der Waals surface area contributed by atoms with Crippen molar-refractivity contribution in [1.29, 1.82) is 0 Å². The van der Waals surface area contributed by atoms with Crippen molar-refractivity contribution in [2.24, 2.45) is 0 Å². The summed E-state index contributed by atoms with van der Waals surface area (Å²) < 4.78 is 0.636. The Bertz CT molecular complexity index is 405. The van der Waals surface area contributed by atoms with E-state index in [0.29, 0.717) is 17.4 Å². The third-order valence-electron chi connectivity index (χ3n) is 5.06. The number of aliphatic carboxylic acids is 1. The number of likely N-dealkylation sites (N-methyl/N-ethyl adjacent to an activating group) is 1. The van der Waals surface area contributed by atoms with Crippen LogP contribution in [0.3, 0.4) is 0 Å². The molecule has 0 bridgehead atoms. The zero-order valence-electron chi connectivity index (χ0n) is 19.1. The average molecular weight is 400 g/mol. The molecular weight excluding hydrogens is 352 g/mol. The molecule has 0 rings (SSSR count). The van der Waals surface area contributed by atoms with Crippen LogP contribution < -0.4 is 5.32 Å². The Labute approximate surface area is 173 Å². The van der Waals surface area contributed by atoms with Gasteiger partial charge in [0.1, 0.15) is 0 Å². The van der Waals surface area contributed by atoms with Crippen LogP contribution in [0, 0.1) is 0 Å². The number of hydrogen-bond acceptors (Lipinski definition) is 2. The van der Waals surface area contributed by atoms with Crippen LogP contribution in [0.25, 0.3) is 0 Å². The topological polar surface area (TPSA) is 66.4 Å². The predicted molar refractivity (Wildman–Crippen MR) is 117 cm³/mol. The molecule has 0 aromatic rings. The summed E-state index contributed by atoms with van der Waals surface area (Å²) in [6, 6.07) is -0.299. The van der Waals surface area contributed by atoms with E-state index in [1.54, 1.807) is 0 Å². The van der Waals surface area contributed by atoms with E-state index in [-0.39, 0.29) is 18.4 Å². The summed E-state index contributed by atoms with van der Waals surface area (Å²) in [5.41, 5.74) is 0. The van der Waals surface area contributed by atoms with Crippen LogP contribution in [0.5, 0.6) is 0 Å². The lowest BCUT2D eigenvalue weighted by Crippen LogP contribution is -2.49. The number of nitrogens with one attached hydrogen (secondary N) is 1. The van der Waals surface area contributed by atoms with Gasteiger partial charge >= 0.3 is 5.97 Å². The van der Waals surface area contributed by atoms with Crippen molar-refractivity contribution in [3.05, 3.63) is 0 Å². The van der Waals surface area contributed by atoms with Crippen LogP contribution >= 0.6 is 0 Å². The highest BCUT2D eigenvalue weighted by Crippen LogP contribution is 2.13. The van der Waals surface area contributed by atoms with Gasteiger partial charge in [0.25, 0.3) is 0 Å². The number of unbranched alkanes of at least 4 members (excludes halogenated alkanes) is 12. The van der Waals surface area contributed by atoms with Crippen molar-refractivity contribution in [1.82, 2.24) is 5.32 Å². The largest absolute Gasteiger partial charge is 0.481 e. The van der Waals surface area contributed by atoms with Crippen LogP contribution in [0.1, 0.15) is 103 Å². The maximum absolute atomic E-state index is 12.1. The van der Waals surface area contributed by atoms with Gasteiger partial charge in [0, 0.05) is 6.42 Å². The van der Waals surface area contributed by atoms with Gasteiger partial charge in [0.15, 0.2) is 0 Å². The molecule has 0 radical (unpaired) electrons. The molecule has 0 aromatic carbocycles. The summed E-state index contributed by atoms with van der Waals surface area (Å²) in [6.45, 7) is 2.88. The zero-order valence-corrected chi connectivity index (χ0v) is 19.1. The first-order valence-corrected chi connectivity index (χ1v) is 11.6. The number of carboxylic acids is 1. The van der Waals surface area contributed by atoms with Crippen LogP contribution in [-0.4, -0.2) is 55.2 Å². The van der Waals surface area contributed by atoms with E-state index in [1.165, 1.54) is 70.6 Å². The monoisotopic (exact) mass is 399 g/mol. The lowest BCUT2D eigenvalue weighted by molar-refractivity contribution is -0.871. The first-order valence-electron chi connectivity index (χ1n) is 11.6. The summed E-state index contributed by atoms with van der Waals surface area (Å²) in [5.74, 6) is -0.873. The molecule has 0 aliphatic carbocycles. The second-order valence-corrected chi connectivity index (χ2v) is 9.33. The molecule has 0 aliphatic rings. The van der Waals surface area contributed by atoms with Crippen LogP contribution in [0.15, 0.2) is 0 Å². The minimum absolute atomic E-state index is 0.0113. The summed E-state index contributed by atoms with van der Waals surface area (Å²) in [5, 5.41) is 11.9. The Morgan fingerprint density at radius 2 is 1.21 bits per heavy atom. The van der Waals surface area contributed by atoms with E-state index in [0.717, 1.165) is 12.8 Å². The van der Waals surface area contributed by atoms with Gasteiger partial charge in [-0.3, -0.25) is 9.59 Å². The number of quaternary nitrogens is 1. The molecule has 0 saturated carbocycles. The van der Waals surface area contributed by atoms with E-state index < -0.39 is 5.97 Å². The summed E-state index contributed by atoms with van der Waals surface area (Å²) in [7, 11) is 6.02. The van der Waals surface area contributed by atoms with Gasteiger partial charge in [-0.2, -0.15) is 0 Å². The van der Waals surface area contributed by atoms with E-state index in [1.807, 2.05) is 21.1 Å². The molecule has 1 amide bonds. The Balaban J connectivity index is 3.63. The number of nitrogens with zero attached hydrogens (tertiary/aromatic N) is 1. The average Bonchev–Trinajstić information content (AvgIpc) is 2.56. The number of carbonyl (C=O) groups is 2. The van der Waals surface area contributed by atoms with Crippen molar-refractivity contribution in [3.63, 3.8) is 0 Å². The highest BCUT2D eigenvalue weighted by molar-refractivity contribution is 5.77. The maximum atomic E-state index is 12.1. The molecule has 2 N–H and O–H groups in total. The highest BCUT2D eigenvalue weighted by atomic mass is 16.4. The maximum Gasteiger partial charge on any atom is 0.305 e. The van der Waals surface area contributed by atoms with Gasteiger partial charge in [-0.25, -0.2) is 0 Å². The van der Waals surface area contributed by atoms with Crippen molar-refractivity contribution in [2.75, 3.05) is 27.7 Å². The fourth-order valence-electron chi connectivity index (χ4n) is 3.64. The molecule has 0 aliphatic heterocycles. The molecule has 28 heavy (non-hydrogen) atoms. The van der Waals surface area contributed by atoms with Gasteiger partial charge in [0.2, 0.25) is 5.91 Å². The number of carbonyl (C=O) groups excluding carboxylic acids is 1. The lowest BCUT2D eigenvalue weighted by atomic mass is 10.0. The quantitative estimate of drug-likeness (QED) is 0.234. The number of amides is 1. The van der Waals surface area contributed by atoms with Crippen LogP contribution in [0.4, 0.5) is 0 Å². The van der Waals surface area contributed by atoms with E-state index >= 15 is 0 Å². The summed E-state index contributed by atoms with van der Waals surface area (Å²) in [4.78, 5) is 23.1. The van der Waals surface area contributed by atoms with Gasteiger partial charge in [-0.15, -0.1) is 0 Å². The Hall–Kier alpha value is -1.10. The molecule has 0 spiro atoms. The van der Waals surface area contributed by atoms with E-state index in [9.17, 15) is 9.59 Å². The molecule has 0 fully saturated rings. The standard InChI is InChI=1S/C23H46N2O3/c1-5-6-7-8-9-10-11-12-13-14-15-16-17-18-22(26)24-21(19-23(27)28)20-25(2,3)4/h21H,5-20H2,1-4H3,(H-,24,26,27,28)/p+1/t21-/m0/s1. The third kappa shape index (κ3) is 19.7. The lowest BCUT2D eigenvalue weighted by Gasteiger charge is -2.29. The molecule has 5 nitrogen and oxygen atoms in total. The van der Waals surface area contributed by atoms with Crippen molar-refractivity contribution in [2.45, 2.75) is 109 Å². The first kappa shape index (κ1) is 26.9. The fraction of sp³-hybridized carbons (Fsp3) is 0.913. The third-order valence-corrected chi connectivity index (χ3v) is 5.06. The van der Waals surface area contributed by atoms with Gasteiger partial charge in [0.05, 0.1) is 40.2 Å². The minimum Gasteiger partial charge on any atom is -0.481 e. The molecular formula is C23H47N2O3+. The summed E-state index contributed by atoms with van der Waals surface area (Å²) >= 11 is 0. The molecule has 0 saturated heterocycles. The zero-order chi connectivity index (χ0) is 21.3. The van der Waals surface area contributed by atoms with Crippen molar-refractivity contribution >= 4 is 11.9 Å². The van der Waals surface area contributed by atoms with Crippen LogP contribution in [0.2, 0.25) is 0 Å². The second kappa shape index (κ2) is 16.8. The number of hydrogen-bond donors (Lipinski definition) is 2. The molecule has 5 heteroatoms. The van der Waals surface area contributed by atoms with Crippen molar-refractivity contribution < 1.29 is 19.2 Å². The smallest absolute Gasteiger partial charge is 0.305 e. The fourth-order valence-corrected chi connectivity index (χ4v) is 3.64. The van der Waals surface area contributed by atoms with Gasteiger partial charge in [-0.05, 0) is 6.42 Å². The first-order chi connectivity index (χ1) is 13.2. The van der Waals surface area contributed by atoms with Crippen molar-refractivity contribution in [3.8, 4) is 0 Å². The minimum atomic E-state index is -0.861. The number of carboxylic acid groups (broad SMARTS) is 1. The molecule has 1 atom stereocenters.